The lowest BCUT2D eigenvalue weighted by Crippen LogP contribution is -2.27. The third-order valence-electron chi connectivity index (χ3n) is 4.11. The monoisotopic (exact) mass is 382 g/mol. The van der Waals surface area contributed by atoms with Gasteiger partial charge in [-0.2, -0.15) is 0 Å². The Hall–Kier alpha value is -3.35. The fourth-order valence-electron chi connectivity index (χ4n) is 2.61. The number of amides is 1. The van der Waals surface area contributed by atoms with Gasteiger partial charge in [0.15, 0.2) is 5.96 Å². The summed E-state index contributed by atoms with van der Waals surface area (Å²) in [6, 6.07) is 13.6. The van der Waals surface area contributed by atoms with Crippen LogP contribution in [0.3, 0.4) is 0 Å². The first kappa shape index (κ1) is 21.0. The number of carbonyl (C=O) groups excluding carboxylic acids is 2. The first-order valence-electron chi connectivity index (χ1n) is 9.14. The molecule has 0 aromatic heterocycles. The van der Waals surface area contributed by atoms with Crippen molar-refractivity contribution in [3.8, 4) is 5.75 Å². The number of esters is 1. The fourth-order valence-corrected chi connectivity index (χ4v) is 2.61. The van der Waals surface area contributed by atoms with Crippen LogP contribution in [-0.4, -0.2) is 36.3 Å². The van der Waals surface area contributed by atoms with Gasteiger partial charge in [0.25, 0.3) is 0 Å². The highest BCUT2D eigenvalue weighted by Gasteiger charge is 2.10. The van der Waals surface area contributed by atoms with Crippen molar-refractivity contribution in [2.24, 2.45) is 16.5 Å². The molecule has 7 heteroatoms. The largest absolute Gasteiger partial charge is 0.423 e. The van der Waals surface area contributed by atoms with Crippen molar-refractivity contribution in [1.29, 1.82) is 0 Å². The number of hydrogen-bond acceptors (Lipinski definition) is 4. The van der Waals surface area contributed by atoms with Gasteiger partial charge in [0.2, 0.25) is 5.91 Å². The SMILES string of the molecule is CCCN(C)C(=O)CCc1ccc(OC(=O)c2ccc(N=C(N)N)cc2)cc1. The smallest absolute Gasteiger partial charge is 0.343 e. The molecule has 0 saturated carbocycles. The van der Waals surface area contributed by atoms with E-state index in [4.69, 9.17) is 16.2 Å². The highest BCUT2D eigenvalue weighted by Crippen LogP contribution is 2.17. The molecule has 0 spiro atoms. The first-order valence-corrected chi connectivity index (χ1v) is 9.14. The van der Waals surface area contributed by atoms with Gasteiger partial charge < -0.3 is 21.1 Å². The molecule has 0 bridgehead atoms. The van der Waals surface area contributed by atoms with Crippen LogP contribution in [0.25, 0.3) is 0 Å². The van der Waals surface area contributed by atoms with Crippen molar-refractivity contribution in [2.75, 3.05) is 13.6 Å². The van der Waals surface area contributed by atoms with Crippen molar-refractivity contribution < 1.29 is 14.3 Å². The van der Waals surface area contributed by atoms with Crippen molar-refractivity contribution in [1.82, 2.24) is 4.90 Å². The Kier molecular flexibility index (Phi) is 7.56. The van der Waals surface area contributed by atoms with Gasteiger partial charge in [-0.3, -0.25) is 4.79 Å². The fraction of sp³-hybridized carbons (Fsp3) is 0.286. The molecule has 7 nitrogen and oxygen atoms in total. The van der Waals surface area contributed by atoms with E-state index in [9.17, 15) is 9.59 Å². The van der Waals surface area contributed by atoms with E-state index < -0.39 is 5.97 Å². The number of benzene rings is 2. The van der Waals surface area contributed by atoms with Crippen LogP contribution in [-0.2, 0) is 11.2 Å². The normalized spacial score (nSPS) is 10.2. The number of rotatable bonds is 8. The van der Waals surface area contributed by atoms with Crippen LogP contribution < -0.4 is 16.2 Å². The van der Waals surface area contributed by atoms with Gasteiger partial charge in [-0.1, -0.05) is 19.1 Å². The molecule has 0 fully saturated rings. The second-order valence-corrected chi connectivity index (χ2v) is 6.43. The van der Waals surface area contributed by atoms with E-state index in [-0.39, 0.29) is 11.9 Å². The summed E-state index contributed by atoms with van der Waals surface area (Å²) in [5, 5.41) is 0. The molecule has 0 heterocycles. The molecule has 0 saturated heterocycles. The van der Waals surface area contributed by atoms with E-state index in [1.54, 1.807) is 41.3 Å². The number of carbonyl (C=O) groups is 2. The second-order valence-electron chi connectivity index (χ2n) is 6.43. The Bertz CT molecular complexity index is 826. The maximum atomic E-state index is 12.2. The number of aliphatic imine (C=N–C) groups is 1. The van der Waals surface area contributed by atoms with Crippen LogP contribution in [0, 0.1) is 0 Å². The molecular weight excluding hydrogens is 356 g/mol. The lowest BCUT2D eigenvalue weighted by molar-refractivity contribution is -0.129. The van der Waals surface area contributed by atoms with Gasteiger partial charge in [-0.05, 0) is 54.8 Å². The highest BCUT2D eigenvalue weighted by atomic mass is 16.5. The summed E-state index contributed by atoms with van der Waals surface area (Å²) in [5.74, 6) is 0.0486. The second kappa shape index (κ2) is 10.1. The average Bonchev–Trinajstić information content (AvgIpc) is 2.67. The minimum atomic E-state index is -0.472. The number of aryl methyl sites for hydroxylation is 1. The minimum Gasteiger partial charge on any atom is -0.423 e. The summed E-state index contributed by atoms with van der Waals surface area (Å²) < 4.78 is 5.37. The van der Waals surface area contributed by atoms with E-state index in [0.29, 0.717) is 29.8 Å². The summed E-state index contributed by atoms with van der Waals surface area (Å²) >= 11 is 0. The summed E-state index contributed by atoms with van der Waals surface area (Å²) in [5.41, 5.74) is 12.6. The zero-order valence-electron chi connectivity index (χ0n) is 16.2. The number of ether oxygens (including phenoxy) is 1. The minimum absolute atomic E-state index is 0.0471. The standard InChI is InChI=1S/C21H26N4O3/c1-3-14-25(2)19(26)13-6-15-4-11-18(12-5-15)28-20(27)16-7-9-17(10-8-16)24-21(22)23/h4-5,7-12H,3,6,13-14H2,1-2H3,(H4,22,23,24). The molecule has 0 radical (unpaired) electrons. The molecule has 2 rings (SSSR count). The number of guanidine groups is 1. The van der Waals surface area contributed by atoms with Crippen molar-refractivity contribution in [2.45, 2.75) is 26.2 Å². The van der Waals surface area contributed by atoms with Crippen LogP contribution in [0.5, 0.6) is 5.75 Å². The Labute approximate surface area is 165 Å². The molecule has 2 aromatic rings. The number of nitrogens with two attached hydrogens (primary N) is 2. The van der Waals surface area contributed by atoms with Crippen LogP contribution in [0.2, 0.25) is 0 Å². The predicted octanol–water partition coefficient (Wildman–Crippen LogP) is 2.61. The topological polar surface area (TPSA) is 111 Å². The molecule has 2 aromatic carbocycles. The van der Waals surface area contributed by atoms with E-state index in [0.717, 1.165) is 18.5 Å². The predicted molar refractivity (Wildman–Crippen MR) is 110 cm³/mol. The van der Waals surface area contributed by atoms with Crippen LogP contribution in [0.4, 0.5) is 5.69 Å². The van der Waals surface area contributed by atoms with Gasteiger partial charge in [0.1, 0.15) is 5.75 Å². The Morgan fingerprint density at radius 1 is 1.04 bits per heavy atom. The third kappa shape index (κ3) is 6.42. The Balaban J connectivity index is 1.90. The zero-order valence-corrected chi connectivity index (χ0v) is 16.2. The molecule has 0 aliphatic heterocycles. The molecule has 4 N–H and O–H groups in total. The van der Waals surface area contributed by atoms with Gasteiger partial charge >= 0.3 is 5.97 Å². The maximum Gasteiger partial charge on any atom is 0.343 e. The van der Waals surface area contributed by atoms with E-state index in [1.807, 2.05) is 26.1 Å². The molecule has 28 heavy (non-hydrogen) atoms. The quantitative estimate of drug-likeness (QED) is 0.315. The Morgan fingerprint density at radius 3 is 2.25 bits per heavy atom. The number of hydrogen-bond donors (Lipinski definition) is 2. The zero-order chi connectivity index (χ0) is 20.5. The Morgan fingerprint density at radius 2 is 1.68 bits per heavy atom. The van der Waals surface area contributed by atoms with Gasteiger partial charge in [0, 0.05) is 20.0 Å². The molecule has 0 aliphatic rings. The average molecular weight is 382 g/mol. The maximum absolute atomic E-state index is 12.2. The van der Waals surface area contributed by atoms with Crippen LogP contribution in [0.15, 0.2) is 53.5 Å². The first-order chi connectivity index (χ1) is 13.4. The van der Waals surface area contributed by atoms with Gasteiger partial charge in [-0.15, -0.1) is 0 Å². The molecule has 0 aliphatic carbocycles. The molecule has 0 unspecified atom stereocenters. The summed E-state index contributed by atoms with van der Waals surface area (Å²) in [6.07, 6.45) is 2.05. The third-order valence-corrected chi connectivity index (χ3v) is 4.11. The molecule has 0 atom stereocenters. The summed E-state index contributed by atoms with van der Waals surface area (Å²) in [6.45, 7) is 2.81. The van der Waals surface area contributed by atoms with Crippen molar-refractivity contribution in [3.05, 3.63) is 59.7 Å². The summed E-state index contributed by atoms with van der Waals surface area (Å²) in [7, 11) is 1.82. The van der Waals surface area contributed by atoms with E-state index in [1.165, 1.54) is 0 Å². The van der Waals surface area contributed by atoms with E-state index in [2.05, 4.69) is 4.99 Å². The molecular formula is C21H26N4O3. The van der Waals surface area contributed by atoms with Gasteiger partial charge in [0.05, 0.1) is 11.3 Å². The lowest BCUT2D eigenvalue weighted by atomic mass is 10.1. The molecule has 1 amide bonds. The highest BCUT2D eigenvalue weighted by molar-refractivity contribution is 5.91. The number of nitrogens with zero attached hydrogens (tertiary/aromatic N) is 2. The van der Waals surface area contributed by atoms with Crippen LogP contribution in [0.1, 0.15) is 35.7 Å². The molecule has 148 valence electrons. The van der Waals surface area contributed by atoms with Crippen molar-refractivity contribution >= 4 is 23.5 Å². The van der Waals surface area contributed by atoms with Crippen molar-refractivity contribution in [3.63, 3.8) is 0 Å². The van der Waals surface area contributed by atoms with Gasteiger partial charge in [-0.25, -0.2) is 9.79 Å². The lowest BCUT2D eigenvalue weighted by Gasteiger charge is -2.15. The van der Waals surface area contributed by atoms with Crippen LogP contribution >= 0.6 is 0 Å². The summed E-state index contributed by atoms with van der Waals surface area (Å²) in [4.78, 5) is 29.9. The van der Waals surface area contributed by atoms with E-state index >= 15 is 0 Å².